The van der Waals surface area contributed by atoms with Crippen LogP contribution in [0.1, 0.15) is 25.1 Å². The summed E-state index contributed by atoms with van der Waals surface area (Å²) in [6.45, 7) is 2.22. The lowest BCUT2D eigenvalue weighted by molar-refractivity contribution is -0.192. The summed E-state index contributed by atoms with van der Waals surface area (Å²) >= 11 is 0. The van der Waals surface area contributed by atoms with Crippen molar-refractivity contribution in [3.05, 3.63) is 42.5 Å². The lowest BCUT2D eigenvalue weighted by Crippen LogP contribution is -2.44. The molecule has 1 N–H and O–H groups in total. The third kappa shape index (κ3) is 2.37. The molecule has 0 amide bonds. The Kier molecular flexibility index (Phi) is 3.43. The van der Waals surface area contributed by atoms with E-state index in [0.717, 1.165) is 37.6 Å². The quantitative estimate of drug-likeness (QED) is 0.930. The number of ether oxygens (including phenoxy) is 2. The number of aromatic nitrogens is 3. The summed E-state index contributed by atoms with van der Waals surface area (Å²) in [7, 11) is 0. The molecule has 1 spiro atoms. The van der Waals surface area contributed by atoms with Crippen LogP contribution >= 0.6 is 0 Å². The SMILES string of the molecule is c1ccc(-n2cnc(CNC3C[C@@H]4C[C@H]3CC43OCCO3)n2)cc1. The maximum atomic E-state index is 5.92. The van der Waals surface area contributed by atoms with Crippen molar-refractivity contribution in [2.45, 2.75) is 37.6 Å². The van der Waals surface area contributed by atoms with Crippen molar-refractivity contribution in [1.29, 1.82) is 0 Å². The van der Waals surface area contributed by atoms with E-state index < -0.39 is 0 Å². The van der Waals surface area contributed by atoms with Gasteiger partial charge in [-0.3, -0.25) is 0 Å². The Hall–Kier alpha value is -1.76. The molecule has 6 nitrogen and oxygen atoms in total. The van der Waals surface area contributed by atoms with Crippen LogP contribution in [0.25, 0.3) is 5.69 Å². The first kappa shape index (κ1) is 14.6. The molecule has 126 valence electrons. The second-order valence-corrected chi connectivity index (χ2v) is 7.07. The number of nitrogens with one attached hydrogen (secondary N) is 1. The van der Waals surface area contributed by atoms with Gasteiger partial charge in [0.15, 0.2) is 11.6 Å². The Morgan fingerprint density at radius 3 is 2.75 bits per heavy atom. The second-order valence-electron chi connectivity index (χ2n) is 7.07. The minimum Gasteiger partial charge on any atom is -0.347 e. The van der Waals surface area contributed by atoms with E-state index in [9.17, 15) is 0 Å². The van der Waals surface area contributed by atoms with Crippen LogP contribution in [0.2, 0.25) is 0 Å². The molecule has 1 unspecified atom stereocenters. The van der Waals surface area contributed by atoms with E-state index in [1.165, 1.54) is 6.42 Å². The third-order valence-corrected chi connectivity index (χ3v) is 5.72. The summed E-state index contributed by atoms with van der Waals surface area (Å²) in [6.07, 6.45) is 5.15. The molecule has 6 heteroatoms. The van der Waals surface area contributed by atoms with Crippen LogP contribution in [0, 0.1) is 11.8 Å². The van der Waals surface area contributed by atoms with E-state index in [4.69, 9.17) is 9.47 Å². The van der Waals surface area contributed by atoms with Crippen LogP contribution in [-0.2, 0) is 16.0 Å². The Bertz CT molecular complexity index is 711. The predicted octanol–water partition coefficient (Wildman–Crippen LogP) is 1.90. The smallest absolute Gasteiger partial charge is 0.171 e. The Morgan fingerprint density at radius 2 is 2.00 bits per heavy atom. The van der Waals surface area contributed by atoms with E-state index in [1.807, 2.05) is 35.0 Å². The molecule has 3 fully saturated rings. The van der Waals surface area contributed by atoms with Crippen LogP contribution in [0.15, 0.2) is 36.7 Å². The van der Waals surface area contributed by atoms with E-state index in [2.05, 4.69) is 15.4 Å². The van der Waals surface area contributed by atoms with Gasteiger partial charge in [0, 0.05) is 18.4 Å². The molecular weight excluding hydrogens is 304 g/mol. The van der Waals surface area contributed by atoms with Gasteiger partial charge in [-0.25, -0.2) is 9.67 Å². The molecule has 2 aromatic rings. The van der Waals surface area contributed by atoms with Gasteiger partial charge in [0.05, 0.1) is 25.4 Å². The van der Waals surface area contributed by atoms with Crippen molar-refractivity contribution in [2.24, 2.45) is 11.8 Å². The van der Waals surface area contributed by atoms with Crippen molar-refractivity contribution >= 4 is 0 Å². The topological polar surface area (TPSA) is 61.2 Å². The molecule has 0 radical (unpaired) electrons. The molecule has 5 rings (SSSR count). The molecule has 1 aliphatic heterocycles. The maximum absolute atomic E-state index is 5.92. The first-order chi connectivity index (χ1) is 11.8. The first-order valence-corrected chi connectivity index (χ1v) is 8.80. The van der Waals surface area contributed by atoms with Crippen molar-refractivity contribution in [3.63, 3.8) is 0 Å². The summed E-state index contributed by atoms with van der Waals surface area (Å²) < 4.78 is 13.7. The predicted molar refractivity (Wildman–Crippen MR) is 87.5 cm³/mol. The van der Waals surface area contributed by atoms with Crippen LogP contribution in [0.4, 0.5) is 0 Å². The number of hydrogen-bond donors (Lipinski definition) is 1. The molecule has 2 saturated carbocycles. The van der Waals surface area contributed by atoms with Crippen LogP contribution in [0.3, 0.4) is 0 Å². The molecule has 2 heterocycles. The molecule has 2 aliphatic carbocycles. The number of para-hydroxylation sites is 1. The standard InChI is InChI=1S/C18H22N4O2/c1-2-4-15(5-3-1)22-12-20-17(21-22)11-19-16-9-14-8-13(16)10-18(14)23-6-7-24-18/h1-5,12-14,16,19H,6-11H2/t13-,14-,16?/m0/s1. The molecule has 2 bridgehead atoms. The Balaban J connectivity index is 1.20. The largest absolute Gasteiger partial charge is 0.347 e. The van der Waals surface area contributed by atoms with Crippen LogP contribution in [0.5, 0.6) is 0 Å². The molecule has 3 atom stereocenters. The average molecular weight is 326 g/mol. The minimum atomic E-state index is -0.254. The fourth-order valence-corrected chi connectivity index (χ4v) is 4.62. The fraction of sp³-hybridized carbons (Fsp3) is 0.556. The zero-order chi connectivity index (χ0) is 16.0. The molecule has 1 aromatic carbocycles. The van der Waals surface area contributed by atoms with Crippen molar-refractivity contribution in [2.75, 3.05) is 13.2 Å². The summed E-state index contributed by atoms with van der Waals surface area (Å²) in [4.78, 5) is 4.43. The summed E-state index contributed by atoms with van der Waals surface area (Å²) in [6, 6.07) is 10.6. The number of hydrogen-bond acceptors (Lipinski definition) is 5. The van der Waals surface area contributed by atoms with Gasteiger partial charge < -0.3 is 14.8 Å². The minimum absolute atomic E-state index is 0.254. The third-order valence-electron chi connectivity index (χ3n) is 5.72. The van der Waals surface area contributed by atoms with Gasteiger partial charge in [0.25, 0.3) is 0 Å². The lowest BCUT2D eigenvalue weighted by atomic mass is 9.90. The summed E-state index contributed by atoms with van der Waals surface area (Å²) in [5.74, 6) is 1.77. The number of nitrogens with zero attached hydrogens (tertiary/aromatic N) is 3. The van der Waals surface area contributed by atoms with E-state index >= 15 is 0 Å². The highest BCUT2D eigenvalue weighted by Gasteiger charge is 2.58. The van der Waals surface area contributed by atoms with Gasteiger partial charge in [0.1, 0.15) is 6.33 Å². The monoisotopic (exact) mass is 326 g/mol. The van der Waals surface area contributed by atoms with Crippen LogP contribution < -0.4 is 5.32 Å². The molecule has 1 saturated heterocycles. The van der Waals surface area contributed by atoms with Gasteiger partial charge in [-0.2, -0.15) is 0 Å². The lowest BCUT2D eigenvalue weighted by Gasteiger charge is -2.35. The van der Waals surface area contributed by atoms with Gasteiger partial charge in [0.2, 0.25) is 0 Å². The normalized spacial score (nSPS) is 30.4. The number of fused-ring (bicyclic) bond motifs is 3. The van der Waals surface area contributed by atoms with E-state index in [0.29, 0.717) is 24.4 Å². The summed E-state index contributed by atoms with van der Waals surface area (Å²) in [5, 5.41) is 8.22. The number of rotatable bonds is 4. The van der Waals surface area contributed by atoms with Gasteiger partial charge in [-0.15, -0.1) is 5.10 Å². The van der Waals surface area contributed by atoms with Crippen LogP contribution in [-0.4, -0.2) is 39.8 Å². The van der Waals surface area contributed by atoms with Crippen molar-refractivity contribution in [3.8, 4) is 5.69 Å². The molecule has 24 heavy (non-hydrogen) atoms. The van der Waals surface area contributed by atoms with E-state index in [-0.39, 0.29) is 5.79 Å². The average Bonchev–Trinajstić information content (AvgIpc) is 3.39. The zero-order valence-electron chi connectivity index (χ0n) is 13.6. The van der Waals surface area contributed by atoms with Crippen molar-refractivity contribution < 1.29 is 9.47 Å². The zero-order valence-corrected chi connectivity index (χ0v) is 13.6. The highest BCUT2D eigenvalue weighted by atomic mass is 16.7. The van der Waals surface area contributed by atoms with Gasteiger partial charge in [-0.05, 0) is 30.9 Å². The highest BCUT2D eigenvalue weighted by molar-refractivity contribution is 5.29. The first-order valence-electron chi connectivity index (χ1n) is 8.80. The van der Waals surface area contributed by atoms with E-state index in [1.54, 1.807) is 6.33 Å². The van der Waals surface area contributed by atoms with Gasteiger partial charge in [-0.1, -0.05) is 18.2 Å². The maximum Gasteiger partial charge on any atom is 0.171 e. The molecule has 1 aromatic heterocycles. The highest BCUT2D eigenvalue weighted by Crippen LogP contribution is 2.54. The molecular formula is C18H22N4O2. The fourth-order valence-electron chi connectivity index (χ4n) is 4.62. The Labute approximate surface area is 141 Å². The van der Waals surface area contributed by atoms with Crippen molar-refractivity contribution in [1.82, 2.24) is 20.1 Å². The summed E-state index contributed by atoms with van der Waals surface area (Å²) in [5.41, 5.74) is 1.04. The second kappa shape index (κ2) is 5.65. The number of benzene rings is 1. The molecule has 3 aliphatic rings. The Morgan fingerprint density at radius 1 is 1.17 bits per heavy atom. The van der Waals surface area contributed by atoms with Gasteiger partial charge >= 0.3 is 0 Å².